The summed E-state index contributed by atoms with van der Waals surface area (Å²) in [6.45, 7) is 0. The van der Waals surface area contributed by atoms with Gasteiger partial charge in [-0.05, 0) is 0 Å². The van der Waals surface area contributed by atoms with Crippen molar-refractivity contribution in [1.29, 1.82) is 0 Å². The Hall–Kier alpha value is -0.290. The molecule has 0 aliphatic rings. The van der Waals surface area contributed by atoms with Gasteiger partial charge in [-0.3, -0.25) is 0 Å². The monoisotopic (exact) mass is 156 g/mol. The van der Waals surface area contributed by atoms with E-state index < -0.39 is 6.03 Å². The van der Waals surface area contributed by atoms with Gasteiger partial charge in [-0.2, -0.15) is 0 Å². The average Bonchev–Trinajstić information content (AvgIpc) is 1.41. The molecule has 0 fully saturated rings. The van der Waals surface area contributed by atoms with Crippen molar-refractivity contribution in [1.82, 2.24) is 0 Å². The fraction of sp³-hybridized carbons (Fsp3) is 0. The molecule has 2 amide bonds. The number of rotatable bonds is 0. The van der Waals surface area contributed by atoms with Crippen LogP contribution >= 0.6 is 16.3 Å². The third-order valence-corrected chi connectivity index (χ3v) is 0. The van der Waals surface area contributed by atoms with Crippen LogP contribution in [0, 0.1) is 0 Å². The first-order valence-corrected chi connectivity index (χ1v) is 1.66. The minimum Gasteiger partial charge on any atom is -0.352 e. The van der Waals surface area contributed by atoms with Crippen LogP contribution in [0.25, 0.3) is 0 Å². The van der Waals surface area contributed by atoms with Gasteiger partial charge in [0, 0.05) is 0 Å². The summed E-state index contributed by atoms with van der Waals surface area (Å²) in [7, 11) is 0. The third kappa shape index (κ3) is 324. The zero-order valence-corrected chi connectivity index (χ0v) is 4.47. The molecular formula is CH5BrN2O2. The zero-order chi connectivity index (χ0) is 5.58. The van der Waals surface area contributed by atoms with Gasteiger partial charge in [0.1, 0.15) is 0 Å². The van der Waals surface area contributed by atoms with Gasteiger partial charge in [-0.1, -0.05) is 0 Å². The Morgan fingerprint density at radius 3 is 1.50 bits per heavy atom. The smallest absolute Gasteiger partial charge is 0.309 e. The van der Waals surface area contributed by atoms with E-state index in [1.165, 1.54) is 0 Å². The number of primary amides is 2. The summed E-state index contributed by atoms with van der Waals surface area (Å²) in [5, 5.41) is 0. The lowest BCUT2D eigenvalue weighted by Gasteiger charge is -1.62. The van der Waals surface area contributed by atoms with Gasteiger partial charge < -0.3 is 15.7 Å². The van der Waals surface area contributed by atoms with E-state index in [1.54, 1.807) is 0 Å². The molecule has 0 aromatic heterocycles. The van der Waals surface area contributed by atoms with Crippen molar-refractivity contribution in [2.75, 3.05) is 0 Å². The maximum atomic E-state index is 9.00. The first-order valence-electron chi connectivity index (χ1n) is 0.951. The summed E-state index contributed by atoms with van der Waals surface area (Å²) in [4.78, 5) is 9.00. The Bertz CT molecular complexity index is 34.5. The molecule has 5 heteroatoms. The summed E-state index contributed by atoms with van der Waals surface area (Å²) in [5.74, 6) is 0. The van der Waals surface area contributed by atoms with Gasteiger partial charge in [0.25, 0.3) is 0 Å². The zero-order valence-electron chi connectivity index (χ0n) is 2.89. The summed E-state index contributed by atoms with van der Waals surface area (Å²) >= 11 is 1.94. The second-order valence-corrected chi connectivity index (χ2v) is 0.402. The number of carbonyl (C=O) groups excluding carboxylic acids is 1. The molecule has 0 aromatic carbocycles. The fourth-order valence-electron chi connectivity index (χ4n) is 0. The molecule has 0 rings (SSSR count). The number of urea groups is 1. The molecule has 0 atom stereocenters. The standard InChI is InChI=1S/CH4N2O.BrHO/c2-1(3)4;1-2/h(H4,2,3,4);2H. The highest BCUT2D eigenvalue weighted by molar-refractivity contribution is 9.05. The van der Waals surface area contributed by atoms with Crippen molar-refractivity contribution in [2.24, 2.45) is 11.5 Å². The molecule has 0 aromatic rings. The van der Waals surface area contributed by atoms with Gasteiger partial charge in [0.15, 0.2) is 0 Å². The van der Waals surface area contributed by atoms with Crippen LogP contribution < -0.4 is 11.5 Å². The molecule has 0 spiro atoms. The van der Waals surface area contributed by atoms with Crippen molar-refractivity contribution < 1.29 is 8.99 Å². The Morgan fingerprint density at radius 1 is 1.50 bits per heavy atom. The minimum absolute atomic E-state index is 0.833. The number of hydrogen-bond acceptors (Lipinski definition) is 2. The molecule has 38 valence electrons. The number of amides is 2. The summed E-state index contributed by atoms with van der Waals surface area (Å²) in [5.41, 5.74) is 8.50. The lowest BCUT2D eigenvalue weighted by Crippen LogP contribution is -2.18. The van der Waals surface area contributed by atoms with Crippen LogP contribution in [-0.4, -0.2) is 10.2 Å². The fourth-order valence-corrected chi connectivity index (χ4v) is 0. The molecular weight excluding hydrogens is 152 g/mol. The molecule has 0 bridgehead atoms. The van der Waals surface area contributed by atoms with Crippen molar-refractivity contribution in [3.8, 4) is 0 Å². The van der Waals surface area contributed by atoms with E-state index >= 15 is 0 Å². The van der Waals surface area contributed by atoms with Gasteiger partial charge >= 0.3 is 6.03 Å². The Kier molecular flexibility index (Phi) is 13.5. The van der Waals surface area contributed by atoms with Crippen molar-refractivity contribution in [3.05, 3.63) is 0 Å². The first-order chi connectivity index (χ1) is 2.73. The van der Waals surface area contributed by atoms with Crippen LogP contribution in [0.4, 0.5) is 4.79 Å². The van der Waals surface area contributed by atoms with E-state index in [1.807, 2.05) is 16.3 Å². The van der Waals surface area contributed by atoms with E-state index in [9.17, 15) is 0 Å². The molecule has 0 saturated carbocycles. The average molecular weight is 157 g/mol. The summed E-state index contributed by atoms with van der Waals surface area (Å²) in [6, 6.07) is -0.833. The lowest BCUT2D eigenvalue weighted by atomic mass is 11.2. The largest absolute Gasteiger partial charge is 0.352 e. The SMILES string of the molecule is NC(N)=O.OBr. The van der Waals surface area contributed by atoms with Gasteiger partial charge in [0.05, 0.1) is 16.3 Å². The predicted octanol–water partition coefficient (Wildman–Crippen LogP) is -0.688. The second-order valence-electron chi connectivity index (χ2n) is 0.402. The van der Waals surface area contributed by atoms with Gasteiger partial charge in [-0.15, -0.1) is 0 Å². The molecule has 4 nitrogen and oxygen atoms in total. The number of nitrogens with two attached hydrogens (primary N) is 2. The molecule has 0 radical (unpaired) electrons. The van der Waals surface area contributed by atoms with Crippen molar-refractivity contribution >= 4 is 22.3 Å². The van der Waals surface area contributed by atoms with Crippen LogP contribution in [0.1, 0.15) is 0 Å². The maximum Gasteiger partial charge on any atom is 0.309 e. The molecule has 0 saturated heterocycles. The quantitative estimate of drug-likeness (QED) is 0.434. The van der Waals surface area contributed by atoms with Gasteiger partial charge in [0.2, 0.25) is 0 Å². The van der Waals surface area contributed by atoms with Crippen molar-refractivity contribution in [2.45, 2.75) is 0 Å². The van der Waals surface area contributed by atoms with Crippen LogP contribution in [0.5, 0.6) is 0 Å². The lowest BCUT2D eigenvalue weighted by molar-refractivity contribution is 0.256. The minimum atomic E-state index is -0.833. The van der Waals surface area contributed by atoms with Gasteiger partial charge in [-0.25, -0.2) is 4.79 Å². The van der Waals surface area contributed by atoms with Crippen LogP contribution in [-0.2, 0) is 0 Å². The highest BCUT2D eigenvalue weighted by Gasteiger charge is 1.60. The molecule has 0 aliphatic carbocycles. The number of hydrogen-bond donors (Lipinski definition) is 3. The Morgan fingerprint density at radius 2 is 1.50 bits per heavy atom. The number of carbonyl (C=O) groups is 1. The molecule has 6 heavy (non-hydrogen) atoms. The third-order valence-electron chi connectivity index (χ3n) is 0. The van der Waals surface area contributed by atoms with Crippen LogP contribution in [0.15, 0.2) is 0 Å². The second kappa shape index (κ2) is 8.83. The molecule has 5 N–H and O–H groups in total. The molecule has 0 aliphatic heterocycles. The predicted molar refractivity (Wildman–Crippen MR) is 24.9 cm³/mol. The van der Waals surface area contributed by atoms with E-state index in [0.717, 1.165) is 0 Å². The summed E-state index contributed by atoms with van der Waals surface area (Å²) < 4.78 is 6.81. The van der Waals surface area contributed by atoms with E-state index in [-0.39, 0.29) is 0 Å². The first kappa shape index (κ1) is 9.20. The normalized spacial score (nSPS) is 5.00. The highest BCUT2D eigenvalue weighted by Crippen LogP contribution is 1.43. The topological polar surface area (TPSA) is 89.3 Å². The van der Waals surface area contributed by atoms with E-state index in [4.69, 9.17) is 8.99 Å². The van der Waals surface area contributed by atoms with Crippen LogP contribution in [0.2, 0.25) is 0 Å². The maximum absolute atomic E-state index is 9.00. The van der Waals surface area contributed by atoms with E-state index in [0.29, 0.717) is 0 Å². The Balaban J connectivity index is 0. The summed E-state index contributed by atoms with van der Waals surface area (Å²) in [6.07, 6.45) is 0. The van der Waals surface area contributed by atoms with E-state index in [2.05, 4.69) is 11.5 Å². The number of halogens is 1. The Labute approximate surface area is 43.6 Å². The highest BCUT2D eigenvalue weighted by atomic mass is 79.9. The van der Waals surface area contributed by atoms with Crippen molar-refractivity contribution in [3.63, 3.8) is 0 Å². The molecule has 0 unspecified atom stereocenters. The molecule has 0 heterocycles. The van der Waals surface area contributed by atoms with Crippen LogP contribution in [0.3, 0.4) is 0 Å².